The first-order valence-corrected chi connectivity index (χ1v) is 9.74. The van der Waals surface area contributed by atoms with Gasteiger partial charge in [-0.2, -0.15) is 0 Å². The smallest absolute Gasteiger partial charge is 0.191 e. The minimum Gasteiger partial charge on any atom is -0.357 e. The Kier molecular flexibility index (Phi) is 6.59. The van der Waals surface area contributed by atoms with Gasteiger partial charge in [0, 0.05) is 34.5 Å². The lowest BCUT2D eigenvalue weighted by atomic mass is 9.91. The van der Waals surface area contributed by atoms with Crippen molar-refractivity contribution in [2.24, 2.45) is 4.99 Å². The number of guanidine groups is 1. The zero-order chi connectivity index (χ0) is 16.7. The summed E-state index contributed by atoms with van der Waals surface area (Å²) in [5.41, 5.74) is 0.0842. The summed E-state index contributed by atoms with van der Waals surface area (Å²) in [6, 6.07) is 4.30. The van der Waals surface area contributed by atoms with Gasteiger partial charge in [0.05, 0.1) is 6.54 Å². The van der Waals surface area contributed by atoms with Gasteiger partial charge in [0.1, 0.15) is 5.01 Å². The van der Waals surface area contributed by atoms with Gasteiger partial charge < -0.3 is 10.6 Å². The van der Waals surface area contributed by atoms with Gasteiger partial charge in [0.25, 0.3) is 0 Å². The number of aryl methyl sites for hydroxylation is 1. The number of nitrogens with zero attached hydrogens (tertiary/aromatic N) is 2. The molecule has 6 heteroatoms. The predicted octanol–water partition coefficient (Wildman–Crippen LogP) is 3.80. The summed E-state index contributed by atoms with van der Waals surface area (Å²) in [7, 11) is 0. The van der Waals surface area contributed by atoms with Crippen LogP contribution in [0.1, 0.15) is 42.5 Å². The second kappa shape index (κ2) is 8.45. The number of thiazole rings is 1. The van der Waals surface area contributed by atoms with Crippen molar-refractivity contribution in [1.82, 2.24) is 15.6 Å². The Morgan fingerprint density at radius 3 is 2.74 bits per heavy atom. The van der Waals surface area contributed by atoms with Crippen molar-refractivity contribution in [3.8, 4) is 0 Å². The van der Waals surface area contributed by atoms with Gasteiger partial charge in [-0.25, -0.2) is 9.98 Å². The molecular weight excluding hydrogens is 324 g/mol. The third-order valence-electron chi connectivity index (χ3n) is 3.55. The molecule has 0 atom stereocenters. The molecular formula is C17H26N4S2. The first kappa shape index (κ1) is 17.9. The minimum atomic E-state index is 0.0842. The van der Waals surface area contributed by atoms with Crippen LogP contribution < -0.4 is 10.6 Å². The number of nitrogens with one attached hydrogen (secondary N) is 2. The molecule has 0 radical (unpaired) electrons. The summed E-state index contributed by atoms with van der Waals surface area (Å²) < 4.78 is 0. The number of aliphatic imine (C=N–C) groups is 1. The van der Waals surface area contributed by atoms with Crippen LogP contribution in [0.4, 0.5) is 0 Å². The first-order chi connectivity index (χ1) is 11.0. The van der Waals surface area contributed by atoms with Crippen molar-refractivity contribution in [2.45, 2.75) is 46.1 Å². The van der Waals surface area contributed by atoms with E-state index in [0.29, 0.717) is 6.54 Å². The van der Waals surface area contributed by atoms with E-state index < -0.39 is 0 Å². The predicted molar refractivity (Wildman–Crippen MR) is 102 cm³/mol. The highest BCUT2D eigenvalue weighted by atomic mass is 32.1. The number of aromatic nitrogens is 1. The van der Waals surface area contributed by atoms with Crippen molar-refractivity contribution < 1.29 is 0 Å². The van der Waals surface area contributed by atoms with Crippen LogP contribution in [-0.2, 0) is 18.4 Å². The van der Waals surface area contributed by atoms with Gasteiger partial charge in [-0.1, -0.05) is 26.8 Å². The maximum atomic E-state index is 4.66. The SMILES string of the molecule is CCNC(=NCc1ncc(CC)s1)NCC(C)(C)c1cccs1. The normalized spacial score (nSPS) is 12.4. The third-order valence-corrected chi connectivity index (χ3v) is 5.91. The fourth-order valence-corrected chi connectivity index (χ4v) is 3.77. The van der Waals surface area contributed by atoms with Crippen LogP contribution in [0.25, 0.3) is 0 Å². The standard InChI is InChI=1S/C17H26N4S2/c1-5-13-10-19-15(23-13)11-20-16(18-6-2)21-12-17(3,4)14-8-7-9-22-14/h7-10H,5-6,11-12H2,1-4H3,(H2,18,20,21). The van der Waals surface area contributed by atoms with E-state index in [1.54, 1.807) is 22.7 Å². The lowest BCUT2D eigenvalue weighted by Gasteiger charge is -2.25. The summed E-state index contributed by atoms with van der Waals surface area (Å²) in [4.78, 5) is 11.8. The van der Waals surface area contributed by atoms with Crippen LogP contribution in [0.2, 0.25) is 0 Å². The Balaban J connectivity index is 1.96. The summed E-state index contributed by atoms with van der Waals surface area (Å²) >= 11 is 3.54. The molecule has 23 heavy (non-hydrogen) atoms. The van der Waals surface area contributed by atoms with Gasteiger partial charge >= 0.3 is 0 Å². The highest BCUT2D eigenvalue weighted by molar-refractivity contribution is 7.11. The van der Waals surface area contributed by atoms with E-state index in [-0.39, 0.29) is 5.41 Å². The molecule has 2 aromatic heterocycles. The highest BCUT2D eigenvalue weighted by Crippen LogP contribution is 2.26. The van der Waals surface area contributed by atoms with E-state index in [2.05, 4.69) is 65.8 Å². The van der Waals surface area contributed by atoms with Crippen molar-refractivity contribution in [3.05, 3.63) is 38.5 Å². The maximum Gasteiger partial charge on any atom is 0.191 e. The van der Waals surface area contributed by atoms with Gasteiger partial charge in [-0.05, 0) is 24.8 Å². The second-order valence-corrected chi connectivity index (χ2v) is 8.13. The Morgan fingerprint density at radius 2 is 2.13 bits per heavy atom. The van der Waals surface area contributed by atoms with Crippen LogP contribution in [0.15, 0.2) is 28.7 Å². The van der Waals surface area contributed by atoms with Crippen molar-refractivity contribution in [1.29, 1.82) is 0 Å². The van der Waals surface area contributed by atoms with Crippen molar-refractivity contribution >= 4 is 28.6 Å². The molecule has 0 saturated heterocycles. The third kappa shape index (κ3) is 5.32. The topological polar surface area (TPSA) is 49.3 Å². The van der Waals surface area contributed by atoms with Crippen LogP contribution in [0, 0.1) is 0 Å². The summed E-state index contributed by atoms with van der Waals surface area (Å²) in [5.74, 6) is 0.852. The van der Waals surface area contributed by atoms with Gasteiger partial charge in [-0.15, -0.1) is 22.7 Å². The molecule has 0 bridgehead atoms. The van der Waals surface area contributed by atoms with Crippen LogP contribution >= 0.6 is 22.7 Å². The molecule has 0 aliphatic heterocycles. The number of thiophene rings is 1. The lowest BCUT2D eigenvalue weighted by molar-refractivity contribution is 0.518. The first-order valence-electron chi connectivity index (χ1n) is 8.05. The molecule has 0 unspecified atom stereocenters. The molecule has 0 amide bonds. The minimum absolute atomic E-state index is 0.0842. The van der Waals surface area contributed by atoms with Gasteiger partial charge in [0.15, 0.2) is 5.96 Å². The molecule has 0 aliphatic rings. The van der Waals surface area contributed by atoms with E-state index in [1.807, 2.05) is 6.20 Å². The van der Waals surface area contributed by atoms with Crippen molar-refractivity contribution in [2.75, 3.05) is 13.1 Å². The zero-order valence-corrected chi connectivity index (χ0v) is 16.0. The summed E-state index contributed by atoms with van der Waals surface area (Å²) in [6.07, 6.45) is 2.99. The molecule has 4 nitrogen and oxygen atoms in total. The number of hydrogen-bond donors (Lipinski definition) is 2. The average Bonchev–Trinajstić information content (AvgIpc) is 3.21. The highest BCUT2D eigenvalue weighted by Gasteiger charge is 2.21. The molecule has 0 spiro atoms. The molecule has 0 fully saturated rings. The van der Waals surface area contributed by atoms with E-state index in [1.165, 1.54) is 9.75 Å². The Labute approximate surface area is 147 Å². The van der Waals surface area contributed by atoms with E-state index in [0.717, 1.165) is 30.5 Å². The lowest BCUT2D eigenvalue weighted by Crippen LogP contribution is -2.43. The van der Waals surface area contributed by atoms with E-state index in [4.69, 9.17) is 0 Å². The quantitative estimate of drug-likeness (QED) is 0.590. The Bertz CT molecular complexity index is 614. The average molecular weight is 351 g/mol. The molecule has 2 rings (SSSR count). The Morgan fingerprint density at radius 1 is 1.30 bits per heavy atom. The summed E-state index contributed by atoms with van der Waals surface area (Å²) in [5, 5.41) is 9.97. The fraction of sp³-hybridized carbons (Fsp3) is 0.529. The maximum absolute atomic E-state index is 4.66. The molecule has 0 saturated carbocycles. The molecule has 2 N–H and O–H groups in total. The molecule has 2 aromatic rings. The fourth-order valence-electron chi connectivity index (χ4n) is 2.13. The van der Waals surface area contributed by atoms with Crippen LogP contribution in [0.5, 0.6) is 0 Å². The van der Waals surface area contributed by atoms with Crippen LogP contribution in [-0.4, -0.2) is 24.0 Å². The molecule has 126 valence electrons. The largest absolute Gasteiger partial charge is 0.357 e. The zero-order valence-electron chi connectivity index (χ0n) is 14.3. The molecule has 0 aromatic carbocycles. The van der Waals surface area contributed by atoms with Gasteiger partial charge in [0.2, 0.25) is 0 Å². The second-order valence-electron chi connectivity index (χ2n) is 5.98. The van der Waals surface area contributed by atoms with Crippen molar-refractivity contribution in [3.63, 3.8) is 0 Å². The van der Waals surface area contributed by atoms with Gasteiger partial charge in [-0.3, -0.25) is 0 Å². The Hall–Kier alpha value is -1.40. The monoisotopic (exact) mass is 350 g/mol. The summed E-state index contributed by atoms with van der Waals surface area (Å²) in [6.45, 7) is 11.1. The van der Waals surface area contributed by atoms with E-state index >= 15 is 0 Å². The van der Waals surface area contributed by atoms with Crippen LogP contribution in [0.3, 0.4) is 0 Å². The number of rotatable bonds is 7. The van der Waals surface area contributed by atoms with E-state index in [9.17, 15) is 0 Å². The molecule has 0 aliphatic carbocycles. The number of hydrogen-bond acceptors (Lipinski definition) is 4. The molecule has 2 heterocycles.